The SMILES string of the molecule is CCNC(=NCc1scnc1C)NC1CCN(c2ccccc2OC(F)F)C1. The van der Waals surface area contributed by atoms with Gasteiger partial charge in [-0.25, -0.2) is 9.98 Å². The highest BCUT2D eigenvalue weighted by atomic mass is 32.1. The molecule has 0 radical (unpaired) electrons. The van der Waals surface area contributed by atoms with Crippen molar-refractivity contribution in [1.82, 2.24) is 15.6 Å². The molecule has 1 atom stereocenters. The predicted molar refractivity (Wildman–Crippen MR) is 108 cm³/mol. The van der Waals surface area contributed by atoms with Crippen LogP contribution in [0.25, 0.3) is 0 Å². The number of thiazole rings is 1. The van der Waals surface area contributed by atoms with Gasteiger partial charge >= 0.3 is 6.61 Å². The number of nitrogens with one attached hydrogen (secondary N) is 2. The van der Waals surface area contributed by atoms with E-state index in [9.17, 15) is 8.78 Å². The number of halogens is 2. The number of para-hydroxylation sites is 2. The summed E-state index contributed by atoms with van der Waals surface area (Å²) in [7, 11) is 0. The number of guanidine groups is 1. The number of aryl methyl sites for hydroxylation is 1. The fourth-order valence-electron chi connectivity index (χ4n) is 3.15. The van der Waals surface area contributed by atoms with Gasteiger partial charge in [0.15, 0.2) is 5.96 Å². The molecule has 9 heteroatoms. The molecular formula is C19H25F2N5OS. The van der Waals surface area contributed by atoms with E-state index < -0.39 is 6.61 Å². The van der Waals surface area contributed by atoms with Crippen LogP contribution in [-0.4, -0.2) is 43.2 Å². The first-order valence-corrected chi connectivity index (χ1v) is 10.2. The lowest BCUT2D eigenvalue weighted by Crippen LogP contribution is -2.44. The van der Waals surface area contributed by atoms with Crippen molar-refractivity contribution in [3.05, 3.63) is 40.3 Å². The molecular weight excluding hydrogens is 384 g/mol. The molecule has 2 aromatic rings. The molecule has 1 saturated heterocycles. The molecule has 1 unspecified atom stereocenters. The fourth-order valence-corrected chi connectivity index (χ4v) is 3.85. The highest BCUT2D eigenvalue weighted by Gasteiger charge is 2.26. The van der Waals surface area contributed by atoms with Gasteiger partial charge in [-0.3, -0.25) is 0 Å². The van der Waals surface area contributed by atoms with Gasteiger partial charge in [0.25, 0.3) is 0 Å². The minimum Gasteiger partial charge on any atom is -0.433 e. The number of nitrogens with zero attached hydrogens (tertiary/aromatic N) is 3. The van der Waals surface area contributed by atoms with Crippen LogP contribution in [0.4, 0.5) is 14.5 Å². The Labute approximate surface area is 167 Å². The summed E-state index contributed by atoms with van der Waals surface area (Å²) in [6.45, 7) is 3.95. The van der Waals surface area contributed by atoms with Crippen molar-refractivity contribution in [2.24, 2.45) is 4.99 Å². The number of ether oxygens (including phenoxy) is 1. The lowest BCUT2D eigenvalue weighted by atomic mass is 10.2. The van der Waals surface area contributed by atoms with Gasteiger partial charge in [0.05, 0.1) is 23.4 Å². The smallest absolute Gasteiger partial charge is 0.387 e. The van der Waals surface area contributed by atoms with E-state index in [1.54, 1.807) is 23.5 Å². The maximum atomic E-state index is 12.7. The van der Waals surface area contributed by atoms with Crippen molar-refractivity contribution in [3.8, 4) is 5.75 Å². The number of aromatic nitrogens is 1. The lowest BCUT2D eigenvalue weighted by molar-refractivity contribution is -0.0495. The van der Waals surface area contributed by atoms with E-state index in [-0.39, 0.29) is 11.8 Å². The molecule has 0 bridgehead atoms. The molecule has 2 heterocycles. The Morgan fingerprint density at radius 2 is 2.25 bits per heavy atom. The second-order valence-corrected chi connectivity index (χ2v) is 7.42. The highest BCUT2D eigenvalue weighted by Crippen LogP contribution is 2.31. The summed E-state index contributed by atoms with van der Waals surface area (Å²) in [4.78, 5) is 12.1. The Balaban J connectivity index is 1.63. The van der Waals surface area contributed by atoms with Gasteiger partial charge in [-0.05, 0) is 32.4 Å². The molecule has 2 N–H and O–H groups in total. The lowest BCUT2D eigenvalue weighted by Gasteiger charge is -2.22. The number of anilines is 1. The Hall–Kier alpha value is -2.42. The summed E-state index contributed by atoms with van der Waals surface area (Å²) >= 11 is 1.60. The number of hydrogen-bond acceptors (Lipinski definition) is 5. The molecule has 3 rings (SSSR count). The zero-order valence-corrected chi connectivity index (χ0v) is 16.8. The van der Waals surface area contributed by atoms with Gasteiger partial charge in [0.1, 0.15) is 5.75 Å². The van der Waals surface area contributed by atoms with Crippen LogP contribution in [-0.2, 0) is 6.54 Å². The average Bonchev–Trinajstić information content (AvgIpc) is 3.29. The molecule has 0 spiro atoms. The van der Waals surface area contributed by atoms with Gasteiger partial charge in [-0.1, -0.05) is 12.1 Å². The van der Waals surface area contributed by atoms with E-state index in [1.807, 2.05) is 31.5 Å². The van der Waals surface area contributed by atoms with Crippen LogP contribution in [0.15, 0.2) is 34.8 Å². The summed E-state index contributed by atoms with van der Waals surface area (Å²) in [5.74, 6) is 0.957. The number of rotatable bonds is 7. The highest BCUT2D eigenvalue weighted by molar-refractivity contribution is 7.09. The van der Waals surface area contributed by atoms with Gasteiger partial charge in [-0.15, -0.1) is 11.3 Å². The van der Waals surface area contributed by atoms with E-state index in [4.69, 9.17) is 0 Å². The minimum atomic E-state index is -2.83. The molecule has 1 aromatic carbocycles. The first-order chi connectivity index (χ1) is 13.6. The largest absolute Gasteiger partial charge is 0.433 e. The molecule has 6 nitrogen and oxygen atoms in total. The quantitative estimate of drug-likeness (QED) is 0.542. The maximum absolute atomic E-state index is 12.7. The molecule has 28 heavy (non-hydrogen) atoms. The van der Waals surface area contributed by atoms with Crippen molar-refractivity contribution in [2.75, 3.05) is 24.5 Å². The Bertz CT molecular complexity index is 798. The van der Waals surface area contributed by atoms with Gasteiger partial charge in [0, 0.05) is 30.6 Å². The van der Waals surface area contributed by atoms with Crippen molar-refractivity contribution < 1.29 is 13.5 Å². The summed E-state index contributed by atoms with van der Waals surface area (Å²) in [6.07, 6.45) is 0.882. The van der Waals surface area contributed by atoms with E-state index in [1.165, 1.54) is 0 Å². The van der Waals surface area contributed by atoms with Crippen LogP contribution >= 0.6 is 11.3 Å². The number of alkyl halides is 2. The molecule has 1 aromatic heterocycles. The maximum Gasteiger partial charge on any atom is 0.387 e. The molecule has 1 aliphatic heterocycles. The molecule has 1 aliphatic rings. The third-order valence-corrected chi connectivity index (χ3v) is 5.44. The van der Waals surface area contributed by atoms with E-state index in [2.05, 4.69) is 30.2 Å². The minimum absolute atomic E-state index is 0.167. The third kappa shape index (κ3) is 5.31. The Kier molecular flexibility index (Phi) is 7.02. The van der Waals surface area contributed by atoms with Crippen molar-refractivity contribution >= 4 is 23.0 Å². The van der Waals surface area contributed by atoms with E-state index >= 15 is 0 Å². The molecule has 152 valence electrons. The van der Waals surface area contributed by atoms with Crippen LogP contribution in [0.3, 0.4) is 0 Å². The van der Waals surface area contributed by atoms with Gasteiger partial charge in [0.2, 0.25) is 0 Å². The van der Waals surface area contributed by atoms with Crippen LogP contribution in [0.2, 0.25) is 0 Å². The van der Waals surface area contributed by atoms with Gasteiger partial charge < -0.3 is 20.3 Å². The molecule has 1 fully saturated rings. The Morgan fingerprint density at radius 1 is 1.43 bits per heavy atom. The molecule has 0 aliphatic carbocycles. The second kappa shape index (κ2) is 9.68. The number of hydrogen-bond donors (Lipinski definition) is 2. The van der Waals surface area contributed by atoms with E-state index in [0.29, 0.717) is 18.8 Å². The third-order valence-electron chi connectivity index (χ3n) is 4.52. The van der Waals surface area contributed by atoms with Crippen molar-refractivity contribution in [2.45, 2.75) is 39.5 Å². The normalized spacial score (nSPS) is 17.2. The molecule has 0 amide bonds. The predicted octanol–water partition coefficient (Wildman–Crippen LogP) is 3.39. The Morgan fingerprint density at radius 3 is 2.96 bits per heavy atom. The number of benzene rings is 1. The first kappa shape index (κ1) is 20.3. The standard InChI is InChI=1S/C19H25F2N5OS/c1-3-22-19(23-10-17-13(2)24-12-28-17)25-14-8-9-26(11-14)15-6-4-5-7-16(15)27-18(20)21/h4-7,12,14,18H,3,8-11H2,1-2H3,(H2,22,23,25). The van der Waals surface area contributed by atoms with Crippen LogP contribution in [0, 0.1) is 6.92 Å². The first-order valence-electron chi connectivity index (χ1n) is 9.29. The molecule has 0 saturated carbocycles. The van der Waals surface area contributed by atoms with Gasteiger partial charge in [-0.2, -0.15) is 8.78 Å². The summed E-state index contributed by atoms with van der Waals surface area (Å²) < 4.78 is 30.0. The van der Waals surface area contributed by atoms with Crippen LogP contribution < -0.4 is 20.3 Å². The monoisotopic (exact) mass is 409 g/mol. The van der Waals surface area contributed by atoms with Crippen LogP contribution in [0.1, 0.15) is 23.9 Å². The summed E-state index contributed by atoms with van der Waals surface area (Å²) in [6, 6.07) is 7.08. The fraction of sp³-hybridized carbons (Fsp3) is 0.474. The number of aliphatic imine (C=N–C) groups is 1. The summed E-state index contributed by atoms with van der Waals surface area (Å²) in [5, 5.41) is 6.72. The average molecular weight is 410 g/mol. The summed E-state index contributed by atoms with van der Waals surface area (Å²) in [5.41, 5.74) is 3.52. The van der Waals surface area contributed by atoms with Crippen molar-refractivity contribution in [3.63, 3.8) is 0 Å². The van der Waals surface area contributed by atoms with Crippen LogP contribution in [0.5, 0.6) is 5.75 Å². The second-order valence-electron chi connectivity index (χ2n) is 6.48. The van der Waals surface area contributed by atoms with Crippen molar-refractivity contribution in [1.29, 1.82) is 0 Å². The topological polar surface area (TPSA) is 61.8 Å². The zero-order valence-electron chi connectivity index (χ0n) is 16.0. The zero-order chi connectivity index (χ0) is 19.9. The van der Waals surface area contributed by atoms with E-state index in [0.717, 1.165) is 36.0 Å².